The maximum Gasteiger partial charge on any atom is 0.122 e. The van der Waals surface area contributed by atoms with Gasteiger partial charge in [0.1, 0.15) is 5.75 Å². The molecule has 0 aromatic heterocycles. The van der Waals surface area contributed by atoms with E-state index in [0.717, 1.165) is 23.3 Å². The van der Waals surface area contributed by atoms with E-state index in [1.807, 2.05) is 18.2 Å². The van der Waals surface area contributed by atoms with Gasteiger partial charge in [-0.2, -0.15) is 0 Å². The predicted molar refractivity (Wildman–Crippen MR) is 88.8 cm³/mol. The molecular weight excluding hydrogens is 258 g/mol. The van der Waals surface area contributed by atoms with Crippen molar-refractivity contribution in [3.63, 3.8) is 0 Å². The Morgan fingerprint density at radius 2 is 1.62 bits per heavy atom. The first-order chi connectivity index (χ1) is 9.91. The van der Waals surface area contributed by atoms with Gasteiger partial charge in [0.15, 0.2) is 0 Å². The van der Waals surface area contributed by atoms with Crippen LogP contribution in [0.3, 0.4) is 0 Å². The summed E-state index contributed by atoms with van der Waals surface area (Å²) in [5.41, 5.74) is 10.2. The molecule has 2 N–H and O–H groups in total. The summed E-state index contributed by atoms with van der Waals surface area (Å²) in [4.78, 5) is 0. The number of para-hydroxylation sites is 1. The lowest BCUT2D eigenvalue weighted by molar-refractivity contribution is 0.408. The Morgan fingerprint density at radius 3 is 2.19 bits per heavy atom. The Bertz CT molecular complexity index is 581. The van der Waals surface area contributed by atoms with Crippen molar-refractivity contribution in [3.05, 3.63) is 65.2 Å². The van der Waals surface area contributed by atoms with Gasteiger partial charge in [0, 0.05) is 6.04 Å². The normalized spacial score (nSPS) is 13.0. The van der Waals surface area contributed by atoms with E-state index in [4.69, 9.17) is 10.5 Å². The Kier molecular flexibility index (Phi) is 4.69. The van der Waals surface area contributed by atoms with Crippen LogP contribution in [0, 0.1) is 0 Å². The first kappa shape index (κ1) is 15.6. The molecule has 112 valence electrons. The van der Waals surface area contributed by atoms with Crippen molar-refractivity contribution in [1.29, 1.82) is 0 Å². The van der Waals surface area contributed by atoms with Crippen LogP contribution >= 0.6 is 0 Å². The zero-order valence-electron chi connectivity index (χ0n) is 13.4. The number of hydrogen-bond acceptors (Lipinski definition) is 2. The second kappa shape index (κ2) is 6.31. The van der Waals surface area contributed by atoms with Crippen LogP contribution in [0.4, 0.5) is 0 Å². The molecular formula is C19H25NO. The fourth-order valence-electron chi connectivity index (χ4n) is 2.46. The minimum Gasteiger partial charge on any atom is -0.496 e. The van der Waals surface area contributed by atoms with Crippen molar-refractivity contribution in [3.8, 4) is 5.75 Å². The third-order valence-electron chi connectivity index (χ3n) is 3.84. The molecule has 1 unspecified atom stereocenters. The largest absolute Gasteiger partial charge is 0.496 e. The summed E-state index contributed by atoms with van der Waals surface area (Å²) in [6, 6.07) is 16.7. The molecule has 2 aromatic carbocycles. The summed E-state index contributed by atoms with van der Waals surface area (Å²) in [6.45, 7) is 6.66. The fraction of sp³-hybridized carbons (Fsp3) is 0.368. The number of ether oxygens (including phenoxy) is 1. The number of nitrogens with two attached hydrogens (primary N) is 1. The molecule has 0 spiro atoms. The van der Waals surface area contributed by atoms with Gasteiger partial charge in [0.05, 0.1) is 7.11 Å². The second-order valence-electron chi connectivity index (χ2n) is 6.49. The summed E-state index contributed by atoms with van der Waals surface area (Å²) >= 11 is 0. The Labute approximate surface area is 127 Å². The first-order valence-corrected chi connectivity index (χ1v) is 7.39. The topological polar surface area (TPSA) is 35.2 Å². The van der Waals surface area contributed by atoms with Gasteiger partial charge in [0.25, 0.3) is 0 Å². The van der Waals surface area contributed by atoms with Crippen LogP contribution in [-0.4, -0.2) is 7.11 Å². The van der Waals surface area contributed by atoms with E-state index < -0.39 is 0 Å². The van der Waals surface area contributed by atoms with Crippen molar-refractivity contribution in [2.24, 2.45) is 5.73 Å². The average Bonchev–Trinajstić information content (AvgIpc) is 2.47. The Morgan fingerprint density at radius 1 is 1.00 bits per heavy atom. The van der Waals surface area contributed by atoms with Crippen molar-refractivity contribution in [2.75, 3.05) is 7.11 Å². The van der Waals surface area contributed by atoms with Crippen LogP contribution in [-0.2, 0) is 11.8 Å². The van der Waals surface area contributed by atoms with Crippen LogP contribution in [0.15, 0.2) is 48.5 Å². The molecule has 1 atom stereocenters. The number of hydrogen-bond donors (Lipinski definition) is 1. The number of benzene rings is 2. The molecule has 0 aliphatic rings. The molecule has 0 aliphatic carbocycles. The van der Waals surface area contributed by atoms with Gasteiger partial charge in [-0.05, 0) is 34.6 Å². The molecule has 0 aliphatic heterocycles. The van der Waals surface area contributed by atoms with Crippen LogP contribution in [0.5, 0.6) is 5.75 Å². The van der Waals surface area contributed by atoms with E-state index >= 15 is 0 Å². The summed E-state index contributed by atoms with van der Waals surface area (Å²) in [5.74, 6) is 0.902. The fourth-order valence-corrected chi connectivity index (χ4v) is 2.46. The molecule has 0 heterocycles. The second-order valence-corrected chi connectivity index (χ2v) is 6.49. The quantitative estimate of drug-likeness (QED) is 0.911. The van der Waals surface area contributed by atoms with Gasteiger partial charge in [-0.25, -0.2) is 0 Å². The van der Waals surface area contributed by atoms with Gasteiger partial charge in [-0.3, -0.25) is 0 Å². The maximum absolute atomic E-state index is 6.35. The van der Waals surface area contributed by atoms with Crippen molar-refractivity contribution in [1.82, 2.24) is 0 Å². The third-order valence-corrected chi connectivity index (χ3v) is 3.84. The maximum atomic E-state index is 6.35. The third kappa shape index (κ3) is 3.85. The van der Waals surface area contributed by atoms with Crippen LogP contribution in [0.2, 0.25) is 0 Å². The summed E-state index contributed by atoms with van der Waals surface area (Å²) < 4.78 is 5.39. The summed E-state index contributed by atoms with van der Waals surface area (Å²) in [5, 5.41) is 0. The van der Waals surface area contributed by atoms with Gasteiger partial charge >= 0.3 is 0 Å². The van der Waals surface area contributed by atoms with Crippen LogP contribution in [0.25, 0.3) is 0 Å². The SMILES string of the molecule is COc1ccccc1CC(N)c1ccc(C(C)(C)C)cc1. The molecule has 0 fully saturated rings. The molecule has 21 heavy (non-hydrogen) atoms. The lowest BCUT2D eigenvalue weighted by Gasteiger charge is -2.20. The van der Waals surface area contributed by atoms with Crippen molar-refractivity contribution < 1.29 is 4.74 Å². The molecule has 2 aromatic rings. The lowest BCUT2D eigenvalue weighted by atomic mass is 9.86. The van der Waals surface area contributed by atoms with E-state index in [9.17, 15) is 0 Å². The summed E-state index contributed by atoms with van der Waals surface area (Å²) in [6.07, 6.45) is 0.777. The molecule has 0 saturated carbocycles. The van der Waals surface area contributed by atoms with E-state index in [1.54, 1.807) is 7.11 Å². The van der Waals surface area contributed by atoms with E-state index in [2.05, 4.69) is 51.1 Å². The Balaban J connectivity index is 2.15. The molecule has 0 amide bonds. The highest BCUT2D eigenvalue weighted by atomic mass is 16.5. The highest BCUT2D eigenvalue weighted by molar-refractivity contribution is 5.36. The summed E-state index contributed by atoms with van der Waals surface area (Å²) in [7, 11) is 1.70. The average molecular weight is 283 g/mol. The van der Waals surface area contributed by atoms with Crippen molar-refractivity contribution in [2.45, 2.75) is 38.6 Å². The molecule has 2 rings (SSSR count). The zero-order chi connectivity index (χ0) is 15.5. The lowest BCUT2D eigenvalue weighted by Crippen LogP contribution is -2.15. The molecule has 2 nitrogen and oxygen atoms in total. The highest BCUT2D eigenvalue weighted by Crippen LogP contribution is 2.26. The highest BCUT2D eigenvalue weighted by Gasteiger charge is 2.15. The van der Waals surface area contributed by atoms with E-state index in [1.165, 1.54) is 5.56 Å². The minimum atomic E-state index is -0.0182. The van der Waals surface area contributed by atoms with E-state index in [0.29, 0.717) is 0 Å². The van der Waals surface area contributed by atoms with Gasteiger partial charge in [0.2, 0.25) is 0 Å². The standard InChI is InChI=1S/C19H25NO/c1-19(2,3)16-11-9-14(10-12-16)17(20)13-15-7-5-6-8-18(15)21-4/h5-12,17H,13,20H2,1-4H3. The van der Waals surface area contributed by atoms with Gasteiger partial charge in [-0.15, -0.1) is 0 Å². The van der Waals surface area contributed by atoms with Gasteiger partial charge in [-0.1, -0.05) is 63.2 Å². The first-order valence-electron chi connectivity index (χ1n) is 7.39. The monoisotopic (exact) mass is 283 g/mol. The van der Waals surface area contributed by atoms with Crippen LogP contribution in [0.1, 0.15) is 43.5 Å². The number of rotatable bonds is 4. The molecule has 0 saturated heterocycles. The van der Waals surface area contributed by atoms with Gasteiger partial charge < -0.3 is 10.5 Å². The molecule has 0 bridgehead atoms. The minimum absolute atomic E-state index is 0.0182. The number of methoxy groups -OCH3 is 1. The van der Waals surface area contributed by atoms with E-state index in [-0.39, 0.29) is 11.5 Å². The molecule has 2 heteroatoms. The van der Waals surface area contributed by atoms with Crippen molar-refractivity contribution >= 4 is 0 Å². The predicted octanol–water partition coefficient (Wildman–Crippen LogP) is 4.24. The smallest absolute Gasteiger partial charge is 0.122 e. The van der Waals surface area contributed by atoms with Crippen LogP contribution < -0.4 is 10.5 Å². The Hall–Kier alpha value is -1.80. The zero-order valence-corrected chi connectivity index (χ0v) is 13.4. The molecule has 0 radical (unpaired) electrons.